The summed E-state index contributed by atoms with van der Waals surface area (Å²) >= 11 is 0. The van der Waals surface area contributed by atoms with Gasteiger partial charge in [-0.05, 0) is 0 Å². The topological polar surface area (TPSA) is 91.5 Å². The first-order chi connectivity index (χ1) is 9.74. The highest BCUT2D eigenvalue weighted by molar-refractivity contribution is 5.82. The van der Waals surface area contributed by atoms with Crippen molar-refractivity contribution < 1.29 is 14.2 Å². The molecular formula is C13H16N4O3. The number of anilines is 1. The summed E-state index contributed by atoms with van der Waals surface area (Å²) in [4.78, 5) is 8.41. The lowest BCUT2D eigenvalue weighted by Crippen LogP contribution is -2.11. The first-order valence-corrected chi connectivity index (χ1v) is 5.83. The molecule has 3 N–H and O–H groups in total. The van der Waals surface area contributed by atoms with Crippen LogP contribution in [0.5, 0.6) is 17.2 Å². The van der Waals surface area contributed by atoms with Gasteiger partial charge >= 0.3 is 0 Å². The zero-order valence-corrected chi connectivity index (χ0v) is 11.5. The maximum Gasteiger partial charge on any atom is 0.167 e. The van der Waals surface area contributed by atoms with Crippen LogP contribution in [0, 0.1) is 0 Å². The van der Waals surface area contributed by atoms with Crippen LogP contribution in [0.15, 0.2) is 24.5 Å². The van der Waals surface area contributed by atoms with Crippen molar-refractivity contribution in [3.8, 4) is 28.5 Å². The number of hydrogen-bond donors (Lipinski definition) is 2. The van der Waals surface area contributed by atoms with Crippen molar-refractivity contribution >= 4 is 5.82 Å². The number of rotatable bonds is 5. The zero-order valence-electron chi connectivity index (χ0n) is 11.5. The second-order valence-electron chi connectivity index (χ2n) is 3.80. The molecule has 0 radical (unpaired) electrons. The molecule has 1 aromatic carbocycles. The van der Waals surface area contributed by atoms with E-state index >= 15 is 0 Å². The van der Waals surface area contributed by atoms with E-state index in [4.69, 9.17) is 20.1 Å². The number of nitrogen functional groups attached to an aromatic ring is 1. The minimum absolute atomic E-state index is 0.425. The van der Waals surface area contributed by atoms with Gasteiger partial charge in [0.2, 0.25) is 0 Å². The average Bonchev–Trinajstić information content (AvgIpc) is 2.53. The van der Waals surface area contributed by atoms with Crippen molar-refractivity contribution in [1.29, 1.82) is 0 Å². The predicted octanol–water partition coefficient (Wildman–Crippen LogP) is 1.45. The van der Waals surface area contributed by atoms with Crippen LogP contribution in [-0.2, 0) is 0 Å². The highest BCUT2D eigenvalue weighted by Gasteiger charge is 2.19. The van der Waals surface area contributed by atoms with Gasteiger partial charge in [0.1, 0.15) is 22.9 Å². The Bertz CT molecular complexity index is 579. The minimum Gasteiger partial charge on any atom is -0.496 e. The number of benzene rings is 1. The Kier molecular flexibility index (Phi) is 4.21. The Labute approximate surface area is 116 Å². The molecule has 0 aliphatic heterocycles. The number of hydrazine groups is 1. The van der Waals surface area contributed by atoms with E-state index in [1.54, 1.807) is 45.9 Å². The maximum atomic E-state index is 5.47. The molecule has 0 aliphatic rings. The fourth-order valence-electron chi connectivity index (χ4n) is 1.87. The molecule has 0 bridgehead atoms. The monoisotopic (exact) mass is 276 g/mol. The molecule has 20 heavy (non-hydrogen) atoms. The van der Waals surface area contributed by atoms with Gasteiger partial charge in [0.05, 0.1) is 26.9 Å². The minimum atomic E-state index is 0.425. The summed E-state index contributed by atoms with van der Waals surface area (Å²) in [7, 11) is 4.69. The Morgan fingerprint density at radius 2 is 1.55 bits per heavy atom. The summed E-state index contributed by atoms with van der Waals surface area (Å²) in [5.41, 5.74) is 3.69. The maximum absolute atomic E-state index is 5.47. The lowest BCUT2D eigenvalue weighted by Gasteiger charge is -2.16. The van der Waals surface area contributed by atoms with Gasteiger partial charge in [-0.3, -0.25) is 4.98 Å². The molecule has 1 aromatic heterocycles. The molecule has 0 aliphatic carbocycles. The highest BCUT2D eigenvalue weighted by atomic mass is 16.5. The van der Waals surface area contributed by atoms with E-state index in [0.29, 0.717) is 34.3 Å². The average molecular weight is 276 g/mol. The van der Waals surface area contributed by atoms with Crippen LogP contribution < -0.4 is 25.5 Å². The summed E-state index contributed by atoms with van der Waals surface area (Å²) in [6, 6.07) is 3.49. The Balaban J connectivity index is 2.71. The van der Waals surface area contributed by atoms with Gasteiger partial charge in [-0.15, -0.1) is 0 Å². The highest BCUT2D eigenvalue weighted by Crippen LogP contribution is 2.42. The molecule has 2 aromatic rings. The standard InChI is InChI=1S/C13H16N4O3/c1-18-8-6-9(19-2)11(10(7-8)20-3)12-13(17-14)16-5-4-15-12/h4-7H,14H2,1-3H3,(H,16,17). The number of nitrogens with one attached hydrogen (secondary N) is 1. The lowest BCUT2D eigenvalue weighted by atomic mass is 10.1. The van der Waals surface area contributed by atoms with Gasteiger partial charge in [-0.1, -0.05) is 0 Å². The van der Waals surface area contributed by atoms with Gasteiger partial charge in [-0.25, -0.2) is 10.8 Å². The number of nitrogens with zero attached hydrogens (tertiary/aromatic N) is 2. The van der Waals surface area contributed by atoms with Crippen LogP contribution in [0.25, 0.3) is 11.3 Å². The number of aromatic nitrogens is 2. The van der Waals surface area contributed by atoms with E-state index in [2.05, 4.69) is 15.4 Å². The normalized spacial score (nSPS) is 10.0. The van der Waals surface area contributed by atoms with Crippen molar-refractivity contribution in [2.75, 3.05) is 26.8 Å². The van der Waals surface area contributed by atoms with E-state index in [0.717, 1.165) is 0 Å². The Morgan fingerprint density at radius 3 is 2.05 bits per heavy atom. The summed E-state index contributed by atoms with van der Waals surface area (Å²) in [6.45, 7) is 0. The number of hydrogen-bond acceptors (Lipinski definition) is 7. The molecule has 0 amide bonds. The zero-order chi connectivity index (χ0) is 14.5. The van der Waals surface area contributed by atoms with Crippen molar-refractivity contribution in [2.45, 2.75) is 0 Å². The van der Waals surface area contributed by atoms with E-state index in [1.807, 2.05) is 0 Å². The Morgan fingerprint density at radius 1 is 0.950 bits per heavy atom. The van der Waals surface area contributed by atoms with Gasteiger partial charge in [-0.2, -0.15) is 0 Å². The van der Waals surface area contributed by atoms with E-state index in [1.165, 1.54) is 0 Å². The first kappa shape index (κ1) is 13.9. The summed E-state index contributed by atoms with van der Waals surface area (Å²) in [5.74, 6) is 7.62. The molecule has 2 rings (SSSR count). The lowest BCUT2D eigenvalue weighted by molar-refractivity contribution is 0.377. The third-order valence-electron chi connectivity index (χ3n) is 2.79. The molecule has 7 heteroatoms. The van der Waals surface area contributed by atoms with Crippen molar-refractivity contribution in [1.82, 2.24) is 9.97 Å². The van der Waals surface area contributed by atoms with Crippen LogP contribution >= 0.6 is 0 Å². The molecule has 106 valence electrons. The molecule has 1 heterocycles. The third kappa shape index (κ3) is 2.43. The van der Waals surface area contributed by atoms with E-state index in [9.17, 15) is 0 Å². The molecule has 7 nitrogen and oxygen atoms in total. The van der Waals surface area contributed by atoms with Crippen LogP contribution in [0.2, 0.25) is 0 Å². The second-order valence-corrected chi connectivity index (χ2v) is 3.80. The van der Waals surface area contributed by atoms with Crippen molar-refractivity contribution in [3.63, 3.8) is 0 Å². The molecule has 0 atom stereocenters. The molecule has 0 unspecified atom stereocenters. The summed E-state index contributed by atoms with van der Waals surface area (Å²) in [5, 5.41) is 0. The molecule has 0 spiro atoms. The summed E-state index contributed by atoms with van der Waals surface area (Å²) < 4.78 is 16.0. The molecule has 0 saturated heterocycles. The van der Waals surface area contributed by atoms with Crippen LogP contribution in [0.4, 0.5) is 5.82 Å². The summed E-state index contributed by atoms with van der Waals surface area (Å²) in [6.07, 6.45) is 3.11. The smallest absolute Gasteiger partial charge is 0.167 e. The number of methoxy groups -OCH3 is 3. The molecule has 0 saturated carbocycles. The second kappa shape index (κ2) is 6.07. The van der Waals surface area contributed by atoms with Crippen LogP contribution in [0.1, 0.15) is 0 Å². The van der Waals surface area contributed by atoms with Crippen LogP contribution in [0.3, 0.4) is 0 Å². The van der Waals surface area contributed by atoms with Gasteiger partial charge < -0.3 is 19.6 Å². The number of ether oxygens (including phenoxy) is 3. The van der Waals surface area contributed by atoms with E-state index < -0.39 is 0 Å². The SMILES string of the molecule is COc1cc(OC)c(-c2nccnc2NN)c(OC)c1. The fourth-order valence-corrected chi connectivity index (χ4v) is 1.87. The fraction of sp³-hybridized carbons (Fsp3) is 0.231. The first-order valence-electron chi connectivity index (χ1n) is 5.83. The third-order valence-corrected chi connectivity index (χ3v) is 2.79. The molecular weight excluding hydrogens is 260 g/mol. The molecule has 0 fully saturated rings. The van der Waals surface area contributed by atoms with Gasteiger partial charge in [0, 0.05) is 24.5 Å². The Hall–Kier alpha value is -2.54. The van der Waals surface area contributed by atoms with Gasteiger partial charge in [0.15, 0.2) is 5.82 Å². The van der Waals surface area contributed by atoms with Crippen LogP contribution in [-0.4, -0.2) is 31.3 Å². The van der Waals surface area contributed by atoms with Crippen molar-refractivity contribution in [3.05, 3.63) is 24.5 Å². The number of nitrogens with two attached hydrogens (primary N) is 1. The predicted molar refractivity (Wildman–Crippen MR) is 74.9 cm³/mol. The largest absolute Gasteiger partial charge is 0.496 e. The van der Waals surface area contributed by atoms with E-state index in [-0.39, 0.29) is 0 Å². The van der Waals surface area contributed by atoms with Gasteiger partial charge in [0.25, 0.3) is 0 Å². The quantitative estimate of drug-likeness (QED) is 0.631. The van der Waals surface area contributed by atoms with Crippen molar-refractivity contribution in [2.24, 2.45) is 5.84 Å².